The van der Waals surface area contributed by atoms with Crippen LogP contribution in [-0.2, 0) is 0 Å². The lowest BCUT2D eigenvalue weighted by Crippen LogP contribution is -2.06. The van der Waals surface area contributed by atoms with E-state index in [9.17, 15) is 0 Å². The Morgan fingerprint density at radius 1 is 1.40 bits per heavy atom. The van der Waals surface area contributed by atoms with Crippen molar-refractivity contribution in [1.82, 2.24) is 0 Å². The van der Waals surface area contributed by atoms with Crippen LogP contribution in [0.1, 0.15) is 33.1 Å². The molecule has 0 aromatic carbocycles. The van der Waals surface area contributed by atoms with E-state index in [1.165, 1.54) is 17.8 Å². The van der Waals surface area contributed by atoms with Gasteiger partial charge in [0, 0.05) is 0 Å². The summed E-state index contributed by atoms with van der Waals surface area (Å²) in [7, 11) is 0. The molecular formula is C10H16. The Hall–Kier alpha value is 0. The van der Waals surface area contributed by atoms with Gasteiger partial charge in [-0.1, -0.05) is 13.8 Å². The van der Waals surface area contributed by atoms with Gasteiger partial charge in [-0.15, -0.1) is 0 Å². The second-order valence-electron chi connectivity index (χ2n) is 5.10. The summed E-state index contributed by atoms with van der Waals surface area (Å²) < 4.78 is 0. The van der Waals surface area contributed by atoms with Gasteiger partial charge < -0.3 is 0 Å². The van der Waals surface area contributed by atoms with Gasteiger partial charge in [0.25, 0.3) is 0 Å². The van der Waals surface area contributed by atoms with Gasteiger partial charge in [0.15, 0.2) is 0 Å². The molecule has 0 spiro atoms. The minimum Gasteiger partial charge on any atom is -0.0619 e. The number of hydrogen-bond donors (Lipinski definition) is 0. The highest BCUT2D eigenvalue weighted by molar-refractivity contribution is 5.15. The topological polar surface area (TPSA) is 0 Å². The van der Waals surface area contributed by atoms with Crippen molar-refractivity contribution < 1.29 is 0 Å². The lowest BCUT2D eigenvalue weighted by atomic mass is 9.90. The van der Waals surface area contributed by atoms with Crippen LogP contribution in [0.15, 0.2) is 0 Å². The van der Waals surface area contributed by atoms with Crippen molar-refractivity contribution in [3.63, 3.8) is 0 Å². The van der Waals surface area contributed by atoms with E-state index in [1.807, 2.05) is 0 Å². The fourth-order valence-corrected chi connectivity index (χ4v) is 3.53. The van der Waals surface area contributed by atoms with Crippen molar-refractivity contribution in [3.8, 4) is 0 Å². The second-order valence-corrected chi connectivity index (χ2v) is 5.10. The van der Waals surface area contributed by atoms with Gasteiger partial charge in [-0.05, 0) is 48.3 Å². The molecule has 10 heavy (non-hydrogen) atoms. The first-order valence-electron chi connectivity index (χ1n) is 4.72. The third-order valence-electron chi connectivity index (χ3n) is 4.57. The fourth-order valence-electron chi connectivity index (χ4n) is 3.53. The Balaban J connectivity index is 1.87. The molecule has 3 rings (SSSR count). The first-order chi connectivity index (χ1) is 4.72. The maximum absolute atomic E-state index is 2.50. The molecule has 0 aliphatic heterocycles. The van der Waals surface area contributed by atoms with E-state index in [0.29, 0.717) is 0 Å². The van der Waals surface area contributed by atoms with Crippen LogP contribution in [0.3, 0.4) is 0 Å². The summed E-state index contributed by atoms with van der Waals surface area (Å²) in [6.45, 7) is 4.96. The van der Waals surface area contributed by atoms with E-state index in [0.717, 1.165) is 11.3 Å². The van der Waals surface area contributed by atoms with E-state index in [1.54, 1.807) is 19.3 Å². The van der Waals surface area contributed by atoms with Crippen molar-refractivity contribution in [3.05, 3.63) is 0 Å². The summed E-state index contributed by atoms with van der Waals surface area (Å²) >= 11 is 0. The Morgan fingerprint density at radius 3 is 2.90 bits per heavy atom. The van der Waals surface area contributed by atoms with E-state index >= 15 is 0 Å². The molecule has 0 nitrogen and oxygen atoms in total. The molecule has 5 atom stereocenters. The van der Waals surface area contributed by atoms with Gasteiger partial charge in [0.05, 0.1) is 0 Å². The molecular weight excluding hydrogens is 120 g/mol. The average Bonchev–Trinajstić information content (AvgIpc) is 2.69. The van der Waals surface area contributed by atoms with Crippen LogP contribution in [0.2, 0.25) is 0 Å². The molecule has 3 fully saturated rings. The zero-order valence-corrected chi connectivity index (χ0v) is 6.93. The van der Waals surface area contributed by atoms with Crippen molar-refractivity contribution >= 4 is 0 Å². The van der Waals surface area contributed by atoms with Crippen molar-refractivity contribution in [2.45, 2.75) is 33.1 Å². The maximum atomic E-state index is 2.50. The van der Waals surface area contributed by atoms with E-state index in [2.05, 4.69) is 13.8 Å². The molecule has 0 radical (unpaired) electrons. The van der Waals surface area contributed by atoms with E-state index in [4.69, 9.17) is 0 Å². The van der Waals surface area contributed by atoms with Crippen LogP contribution in [0.5, 0.6) is 0 Å². The summed E-state index contributed by atoms with van der Waals surface area (Å²) in [5.74, 6) is 4.62. The molecule has 0 aromatic heterocycles. The van der Waals surface area contributed by atoms with Gasteiger partial charge in [-0.25, -0.2) is 0 Å². The zero-order valence-electron chi connectivity index (χ0n) is 6.93. The highest BCUT2D eigenvalue weighted by atomic mass is 14.7. The van der Waals surface area contributed by atoms with Crippen LogP contribution < -0.4 is 0 Å². The maximum Gasteiger partial charge on any atom is -0.0291 e. The van der Waals surface area contributed by atoms with Crippen molar-refractivity contribution in [1.29, 1.82) is 0 Å². The Bertz CT molecular complexity index is 184. The Kier molecular flexibility index (Phi) is 0.735. The van der Waals surface area contributed by atoms with E-state index in [-0.39, 0.29) is 0 Å². The predicted molar refractivity (Wildman–Crippen MR) is 41.6 cm³/mol. The smallest absolute Gasteiger partial charge is 0.0291 e. The van der Waals surface area contributed by atoms with Crippen molar-refractivity contribution in [2.75, 3.05) is 0 Å². The highest BCUT2D eigenvalue weighted by Gasteiger charge is 2.67. The monoisotopic (exact) mass is 136 g/mol. The molecule has 5 unspecified atom stereocenters. The largest absolute Gasteiger partial charge is 0.0619 e. The summed E-state index contributed by atoms with van der Waals surface area (Å²) in [6.07, 6.45) is 4.67. The first-order valence-corrected chi connectivity index (χ1v) is 4.72. The average molecular weight is 136 g/mol. The summed E-state index contributed by atoms with van der Waals surface area (Å²) in [5.41, 5.74) is 0.839. The van der Waals surface area contributed by atoms with Crippen LogP contribution >= 0.6 is 0 Å². The molecule has 0 amide bonds. The quantitative estimate of drug-likeness (QED) is 0.480. The standard InChI is InChI=1S/C10H16/c1-6-7-3-4-10(2)5-8(10)9(6)7/h6-9H,3-5H2,1-2H3. The van der Waals surface area contributed by atoms with Gasteiger partial charge in [0.2, 0.25) is 0 Å². The highest BCUT2D eigenvalue weighted by Crippen LogP contribution is 2.74. The molecule has 0 N–H and O–H groups in total. The van der Waals surface area contributed by atoms with Gasteiger partial charge in [0.1, 0.15) is 0 Å². The molecule has 0 heteroatoms. The van der Waals surface area contributed by atoms with Gasteiger partial charge >= 0.3 is 0 Å². The third kappa shape index (κ3) is 0.466. The summed E-state index contributed by atoms with van der Waals surface area (Å²) in [6, 6.07) is 0. The third-order valence-corrected chi connectivity index (χ3v) is 4.57. The first kappa shape index (κ1) is 5.62. The molecule has 3 saturated carbocycles. The van der Waals surface area contributed by atoms with Crippen LogP contribution in [0, 0.1) is 29.1 Å². The molecule has 56 valence electrons. The Morgan fingerprint density at radius 2 is 2.20 bits per heavy atom. The minimum absolute atomic E-state index is 0.839. The lowest BCUT2D eigenvalue weighted by Gasteiger charge is -2.15. The minimum atomic E-state index is 0.839. The second kappa shape index (κ2) is 1.31. The van der Waals surface area contributed by atoms with E-state index < -0.39 is 0 Å². The van der Waals surface area contributed by atoms with Crippen LogP contribution in [-0.4, -0.2) is 0 Å². The summed E-state index contributed by atoms with van der Waals surface area (Å²) in [4.78, 5) is 0. The van der Waals surface area contributed by atoms with Gasteiger partial charge in [-0.2, -0.15) is 0 Å². The molecule has 0 saturated heterocycles. The Labute approximate surface area is 63.0 Å². The SMILES string of the molecule is CC1C2CCC3(C)CC3C12. The van der Waals surface area contributed by atoms with Crippen LogP contribution in [0.4, 0.5) is 0 Å². The fraction of sp³-hybridized carbons (Fsp3) is 1.00. The molecule has 3 aliphatic carbocycles. The number of rotatable bonds is 0. The molecule has 3 aliphatic rings. The van der Waals surface area contributed by atoms with Crippen LogP contribution in [0.25, 0.3) is 0 Å². The number of fused-ring (bicyclic) bond motifs is 3. The molecule has 0 heterocycles. The number of hydrogen-bond acceptors (Lipinski definition) is 0. The lowest BCUT2D eigenvalue weighted by molar-refractivity contribution is 0.351. The molecule has 0 bridgehead atoms. The zero-order chi connectivity index (χ0) is 6.93. The normalized spacial score (nSPS) is 70.2. The van der Waals surface area contributed by atoms with Crippen molar-refractivity contribution in [2.24, 2.45) is 29.1 Å². The molecule has 0 aromatic rings. The summed E-state index contributed by atoms with van der Waals surface area (Å²) in [5, 5.41) is 0. The van der Waals surface area contributed by atoms with Gasteiger partial charge in [-0.3, -0.25) is 0 Å². The predicted octanol–water partition coefficient (Wildman–Crippen LogP) is 2.69.